The van der Waals surface area contributed by atoms with Crippen LogP contribution < -0.4 is 4.74 Å². The fourth-order valence-corrected chi connectivity index (χ4v) is 7.49. The Bertz CT molecular complexity index is 1610. The molecule has 8 atom stereocenters. The molecule has 0 bridgehead atoms. The van der Waals surface area contributed by atoms with Gasteiger partial charge in [0.2, 0.25) is 5.78 Å². The van der Waals surface area contributed by atoms with E-state index in [4.69, 9.17) is 28.4 Å². The first-order chi connectivity index (χ1) is 21.5. The second-order valence-electron chi connectivity index (χ2n) is 12.0. The first-order valence-corrected chi connectivity index (χ1v) is 14.7. The maximum absolute atomic E-state index is 13.8. The Morgan fingerprint density at radius 3 is 2.53 bits per heavy atom. The third kappa shape index (κ3) is 4.39. The molecule has 0 radical (unpaired) electrons. The van der Waals surface area contributed by atoms with Crippen molar-refractivity contribution in [3.63, 3.8) is 0 Å². The summed E-state index contributed by atoms with van der Waals surface area (Å²) in [5.74, 6) is -4.35. The number of rotatable bonds is 5. The molecule has 45 heavy (non-hydrogen) atoms. The van der Waals surface area contributed by atoms with Crippen molar-refractivity contribution < 1.29 is 63.2 Å². The van der Waals surface area contributed by atoms with E-state index in [0.29, 0.717) is 13.2 Å². The molecule has 3 fully saturated rings. The van der Waals surface area contributed by atoms with Gasteiger partial charge in [-0.1, -0.05) is 12.1 Å². The highest BCUT2D eigenvalue weighted by Gasteiger charge is 2.55. The van der Waals surface area contributed by atoms with E-state index < -0.39 is 89.6 Å². The summed E-state index contributed by atoms with van der Waals surface area (Å²) in [6.45, 7) is 2.80. The number of methoxy groups -OCH3 is 2. The van der Waals surface area contributed by atoms with Crippen molar-refractivity contribution in [3.05, 3.63) is 51.6 Å². The van der Waals surface area contributed by atoms with Crippen molar-refractivity contribution in [2.45, 2.75) is 74.9 Å². The van der Waals surface area contributed by atoms with Crippen LogP contribution in [0, 0.1) is 0 Å². The number of aromatic hydroxyl groups is 2. The Morgan fingerprint density at radius 2 is 1.82 bits per heavy atom. The molecule has 2 aromatic rings. The number of carboxylic acid groups (broad SMARTS) is 1. The second kappa shape index (κ2) is 10.7. The normalized spacial score (nSPS) is 33.9. The highest BCUT2D eigenvalue weighted by atomic mass is 16.7. The van der Waals surface area contributed by atoms with Crippen LogP contribution in [0.2, 0.25) is 0 Å². The highest BCUT2D eigenvalue weighted by molar-refractivity contribution is 6.31. The number of ether oxygens (including phenoxy) is 6. The second-order valence-corrected chi connectivity index (χ2v) is 12.0. The molecule has 0 unspecified atom stereocenters. The van der Waals surface area contributed by atoms with Crippen molar-refractivity contribution in [1.29, 1.82) is 0 Å². The van der Waals surface area contributed by atoms with Gasteiger partial charge in [-0.25, -0.2) is 4.79 Å². The van der Waals surface area contributed by atoms with E-state index in [-0.39, 0.29) is 46.6 Å². The smallest absolute Gasteiger partial charge is 0.336 e. The van der Waals surface area contributed by atoms with E-state index in [1.54, 1.807) is 0 Å². The molecule has 7 rings (SSSR count). The van der Waals surface area contributed by atoms with Crippen molar-refractivity contribution in [2.75, 3.05) is 27.4 Å². The van der Waals surface area contributed by atoms with Crippen LogP contribution in [-0.4, -0.2) is 113 Å². The Morgan fingerprint density at radius 1 is 1.07 bits per heavy atom. The minimum atomic E-state index is -2.43. The summed E-state index contributed by atoms with van der Waals surface area (Å²) < 4.78 is 35.2. The molecule has 240 valence electrons. The summed E-state index contributed by atoms with van der Waals surface area (Å²) in [5, 5.41) is 44.4. The highest BCUT2D eigenvalue weighted by Crippen LogP contribution is 2.53. The van der Waals surface area contributed by atoms with Gasteiger partial charge in [0, 0.05) is 55.6 Å². The summed E-state index contributed by atoms with van der Waals surface area (Å²) in [5.41, 5.74) is -3.79. The van der Waals surface area contributed by atoms with Crippen LogP contribution in [0.3, 0.4) is 0 Å². The lowest BCUT2D eigenvalue weighted by Gasteiger charge is -2.43. The van der Waals surface area contributed by atoms with E-state index in [1.165, 1.54) is 32.4 Å². The topological polar surface area (TPSA) is 191 Å². The number of hydrogen-bond donors (Lipinski definition) is 4. The largest absolute Gasteiger partial charge is 0.507 e. The van der Waals surface area contributed by atoms with Crippen LogP contribution in [0.25, 0.3) is 0 Å². The summed E-state index contributed by atoms with van der Waals surface area (Å²) in [6, 6.07) is 4.22. The molecule has 0 spiro atoms. The lowest BCUT2D eigenvalue weighted by molar-refractivity contribution is -0.256. The van der Waals surface area contributed by atoms with Crippen LogP contribution in [-0.2, 0) is 34.9 Å². The number of hydrogen-bond acceptors (Lipinski definition) is 13. The average Bonchev–Trinajstić information content (AvgIpc) is 3.40. The Labute approximate surface area is 256 Å². The number of phenolic OH excluding ortho intramolecular Hbond substituents is 2. The van der Waals surface area contributed by atoms with Crippen molar-refractivity contribution in [1.82, 2.24) is 4.90 Å². The standard InChI is InChI=1S/C31H33NO13/c1-12-27-15(32-7-8-42-29(41-3)28(32)45-27)9-18(43-12)44-17-11-31(39,30(37)38)10-14-20(17)26(36)22-21(24(14)34)23(33)13-5-4-6-16(40-2)19(13)25(22)35/h4-6,12,15,17-18,27-29,34,36,39H,7-11H2,1-3H3,(H,37,38)/t12-,15+,17-,18+,27+,28+,29-,31-/m0/s1. The maximum atomic E-state index is 13.8. The lowest BCUT2D eigenvalue weighted by atomic mass is 9.73. The molecular formula is C31H33NO13. The SMILES string of the molecule is COc1cccc2c1C(=O)c1c(O)c3c(c(O)c1C2=O)C[C@@](O)(C(=O)O)C[C@@H]3O[C@@H]1C[C@@H]2[C@H](O[C@@H]3[C@@H](OC)OCCN23)[C@H](C)O1. The van der Waals surface area contributed by atoms with Crippen LogP contribution in [0.4, 0.5) is 0 Å². The first-order valence-electron chi connectivity index (χ1n) is 14.7. The Balaban J connectivity index is 1.29. The summed E-state index contributed by atoms with van der Waals surface area (Å²) in [7, 11) is 2.87. The third-order valence-electron chi connectivity index (χ3n) is 9.58. The number of phenols is 2. The molecule has 3 saturated heterocycles. The van der Waals surface area contributed by atoms with Gasteiger partial charge in [0.25, 0.3) is 0 Å². The number of carbonyl (C=O) groups excluding carboxylic acids is 2. The molecule has 14 nitrogen and oxygen atoms in total. The van der Waals surface area contributed by atoms with Gasteiger partial charge in [-0.05, 0) is 13.0 Å². The molecule has 0 saturated carbocycles. The van der Waals surface area contributed by atoms with Gasteiger partial charge >= 0.3 is 5.97 Å². The zero-order valence-corrected chi connectivity index (χ0v) is 24.7. The van der Waals surface area contributed by atoms with E-state index >= 15 is 0 Å². The predicted octanol–water partition coefficient (Wildman–Crippen LogP) is 1.23. The van der Waals surface area contributed by atoms with E-state index in [2.05, 4.69) is 4.90 Å². The van der Waals surface area contributed by atoms with Gasteiger partial charge in [-0.3, -0.25) is 14.5 Å². The molecule has 4 N–H and O–H groups in total. The van der Waals surface area contributed by atoms with Gasteiger partial charge in [-0.15, -0.1) is 0 Å². The molecule has 3 aliphatic heterocycles. The monoisotopic (exact) mass is 627 g/mol. The number of benzene rings is 2. The molecular weight excluding hydrogens is 594 g/mol. The van der Waals surface area contributed by atoms with Gasteiger partial charge in [0.1, 0.15) is 23.4 Å². The fraction of sp³-hybridized carbons (Fsp3) is 0.516. The zero-order valence-electron chi connectivity index (χ0n) is 24.7. The molecule has 2 aliphatic carbocycles. The van der Waals surface area contributed by atoms with E-state index in [0.717, 1.165) is 0 Å². The number of ketones is 2. The van der Waals surface area contributed by atoms with Crippen LogP contribution in [0.5, 0.6) is 17.2 Å². The van der Waals surface area contributed by atoms with Crippen molar-refractivity contribution >= 4 is 17.5 Å². The number of fused-ring (bicyclic) bond motifs is 6. The number of carbonyl (C=O) groups is 3. The summed E-state index contributed by atoms with van der Waals surface area (Å²) in [4.78, 5) is 41.9. The predicted molar refractivity (Wildman–Crippen MR) is 149 cm³/mol. The van der Waals surface area contributed by atoms with Crippen molar-refractivity contribution in [2.24, 2.45) is 0 Å². The number of morpholine rings is 1. The molecule has 14 heteroatoms. The lowest BCUT2D eigenvalue weighted by Crippen LogP contribution is -2.55. The van der Waals surface area contributed by atoms with Gasteiger partial charge in [-0.2, -0.15) is 0 Å². The molecule has 0 aromatic heterocycles. The zero-order chi connectivity index (χ0) is 31.9. The van der Waals surface area contributed by atoms with Gasteiger partial charge in [0.15, 0.2) is 30.2 Å². The van der Waals surface area contributed by atoms with Gasteiger partial charge in [0.05, 0.1) is 42.6 Å². The molecule has 0 amide bonds. The minimum absolute atomic E-state index is 0.0475. The Hall–Kier alpha value is -3.63. The average molecular weight is 628 g/mol. The van der Waals surface area contributed by atoms with E-state index in [9.17, 15) is 34.8 Å². The van der Waals surface area contributed by atoms with E-state index in [1.807, 2.05) is 6.92 Å². The van der Waals surface area contributed by atoms with Crippen LogP contribution in [0.1, 0.15) is 68.8 Å². The first kappa shape index (κ1) is 30.0. The number of aliphatic carboxylic acids is 1. The number of nitrogens with zero attached hydrogens (tertiary/aromatic N) is 1. The minimum Gasteiger partial charge on any atom is -0.507 e. The Kier molecular flexibility index (Phi) is 7.16. The number of aliphatic hydroxyl groups is 1. The van der Waals surface area contributed by atoms with Crippen LogP contribution in [0.15, 0.2) is 18.2 Å². The quantitative estimate of drug-likeness (QED) is 0.295. The van der Waals surface area contributed by atoms with Gasteiger partial charge < -0.3 is 48.8 Å². The molecule has 5 aliphatic rings. The summed E-state index contributed by atoms with van der Waals surface area (Å²) >= 11 is 0. The third-order valence-corrected chi connectivity index (χ3v) is 9.58. The van der Waals surface area contributed by atoms with Crippen LogP contribution >= 0.6 is 0 Å². The molecule has 3 heterocycles. The maximum Gasteiger partial charge on any atom is 0.336 e. The fourth-order valence-electron chi connectivity index (χ4n) is 7.49. The molecule has 2 aromatic carbocycles. The summed E-state index contributed by atoms with van der Waals surface area (Å²) in [6.07, 6.45) is -5.10. The van der Waals surface area contributed by atoms with Crippen molar-refractivity contribution in [3.8, 4) is 17.2 Å². The number of carboxylic acids is 1.